The molecule has 0 bridgehead atoms. The monoisotopic (exact) mass is 403 g/mol. The Morgan fingerprint density at radius 2 is 1.96 bits per heavy atom. The third-order valence-electron chi connectivity index (χ3n) is 4.93. The maximum absolute atomic E-state index is 12.5. The largest absolute Gasteiger partial charge is 0.485 e. The zero-order valence-electron chi connectivity index (χ0n) is 17.0. The van der Waals surface area contributed by atoms with E-state index in [2.05, 4.69) is 36.2 Å². The molecule has 0 saturated carbocycles. The van der Waals surface area contributed by atoms with Crippen LogP contribution < -0.4 is 10.6 Å². The number of likely N-dealkylation sites (tertiary alicyclic amines) is 1. The summed E-state index contributed by atoms with van der Waals surface area (Å²) < 4.78 is 7.43. The minimum Gasteiger partial charge on any atom is -0.485 e. The van der Waals surface area contributed by atoms with Crippen molar-refractivity contribution in [1.29, 1.82) is 0 Å². The fourth-order valence-electron chi connectivity index (χ4n) is 3.28. The predicted octanol–water partition coefficient (Wildman–Crippen LogP) is 3.11. The molecular weight excluding hydrogens is 374 g/mol. The van der Waals surface area contributed by atoms with Crippen LogP contribution in [-0.2, 0) is 11.4 Å². The number of carbonyl (C=O) groups excluding carboxylic acids is 1. The Bertz CT molecular complexity index is 830. The van der Waals surface area contributed by atoms with Gasteiger partial charge in [0.1, 0.15) is 12.4 Å². The van der Waals surface area contributed by atoms with E-state index in [-0.39, 0.29) is 17.8 Å². The molecule has 3 rings (SSSR count). The zero-order valence-corrected chi connectivity index (χ0v) is 17.8. The smallest absolute Gasteiger partial charge is 0.235 e. The van der Waals surface area contributed by atoms with Gasteiger partial charge in [-0.2, -0.15) is 0 Å². The van der Waals surface area contributed by atoms with Gasteiger partial charge in [0.2, 0.25) is 11.1 Å². The van der Waals surface area contributed by atoms with Gasteiger partial charge in [-0.25, -0.2) is 4.68 Å². The highest BCUT2D eigenvalue weighted by molar-refractivity contribution is 8.00. The summed E-state index contributed by atoms with van der Waals surface area (Å²) in [5.41, 5.74) is 2.28. The molecule has 2 N–H and O–H groups in total. The van der Waals surface area contributed by atoms with Gasteiger partial charge in [-0.15, -0.1) is 10.2 Å². The van der Waals surface area contributed by atoms with Crippen molar-refractivity contribution >= 4 is 17.7 Å². The molecule has 0 spiro atoms. The second-order valence-corrected chi connectivity index (χ2v) is 8.85. The van der Waals surface area contributed by atoms with Gasteiger partial charge in [-0.05, 0) is 49.8 Å². The van der Waals surface area contributed by atoms with Gasteiger partial charge in [-0.3, -0.25) is 4.79 Å². The molecule has 1 aromatic carbocycles. The van der Waals surface area contributed by atoms with E-state index in [1.165, 1.54) is 16.4 Å². The molecule has 1 amide bonds. The van der Waals surface area contributed by atoms with E-state index in [0.717, 1.165) is 42.8 Å². The van der Waals surface area contributed by atoms with Crippen LogP contribution >= 0.6 is 11.8 Å². The Balaban J connectivity index is 1.65. The highest BCUT2D eigenvalue weighted by Crippen LogP contribution is 2.28. The quantitative estimate of drug-likeness (QED) is 0.565. The number of ether oxygens (including phenoxy) is 1. The normalized spacial score (nSPS) is 15.2. The van der Waals surface area contributed by atoms with Gasteiger partial charge < -0.3 is 15.5 Å². The summed E-state index contributed by atoms with van der Waals surface area (Å²) in [5.74, 6) is 8.01. The topological polar surface area (TPSA) is 86.3 Å². The summed E-state index contributed by atoms with van der Waals surface area (Å²) in [7, 11) is 0. The first-order valence-electron chi connectivity index (χ1n) is 9.75. The van der Waals surface area contributed by atoms with Gasteiger partial charge in [0.15, 0.2) is 5.82 Å². The van der Waals surface area contributed by atoms with Gasteiger partial charge in [0.25, 0.3) is 0 Å². The molecule has 0 aliphatic carbocycles. The van der Waals surface area contributed by atoms with E-state index in [4.69, 9.17) is 10.6 Å². The number of hydrogen-bond donors (Lipinski definition) is 1. The van der Waals surface area contributed by atoms with E-state index < -0.39 is 0 Å². The number of aryl methyl sites for hydroxylation is 1. The Kier molecular flexibility index (Phi) is 6.49. The summed E-state index contributed by atoms with van der Waals surface area (Å²) >= 11 is 1.34. The van der Waals surface area contributed by atoms with Crippen LogP contribution in [0.1, 0.15) is 56.5 Å². The van der Waals surface area contributed by atoms with Crippen molar-refractivity contribution in [3.05, 3.63) is 35.2 Å². The van der Waals surface area contributed by atoms with Crippen LogP contribution in [0.4, 0.5) is 0 Å². The van der Waals surface area contributed by atoms with Crippen molar-refractivity contribution in [3.8, 4) is 5.75 Å². The van der Waals surface area contributed by atoms with Crippen molar-refractivity contribution in [2.45, 2.75) is 63.5 Å². The number of amides is 1. The zero-order chi connectivity index (χ0) is 20.3. The Hall–Kier alpha value is -2.22. The number of carbonyl (C=O) groups is 1. The van der Waals surface area contributed by atoms with Gasteiger partial charge >= 0.3 is 0 Å². The highest BCUT2D eigenvalue weighted by Gasteiger charge is 2.26. The molecule has 1 saturated heterocycles. The molecule has 0 radical (unpaired) electrons. The van der Waals surface area contributed by atoms with Crippen molar-refractivity contribution < 1.29 is 9.53 Å². The molecule has 2 heterocycles. The van der Waals surface area contributed by atoms with Crippen LogP contribution in [-0.4, -0.2) is 44.0 Å². The van der Waals surface area contributed by atoms with E-state index in [1.54, 1.807) is 0 Å². The summed E-state index contributed by atoms with van der Waals surface area (Å²) in [6, 6.07) is 6.20. The summed E-state index contributed by atoms with van der Waals surface area (Å²) in [5, 5.41) is 8.58. The third kappa shape index (κ3) is 4.60. The lowest BCUT2D eigenvalue weighted by atomic mass is 10.0. The molecule has 1 aromatic heterocycles. The number of hydrogen-bond acceptors (Lipinski definition) is 6. The summed E-state index contributed by atoms with van der Waals surface area (Å²) in [6.45, 7) is 10.1. The number of rotatable bonds is 7. The van der Waals surface area contributed by atoms with Crippen molar-refractivity contribution in [3.63, 3.8) is 0 Å². The standard InChI is InChI=1S/C20H29N5O2S/c1-13(2)16-8-7-14(3)11-17(16)27-12-18-22-23-20(25(18)21)28-15(4)19(26)24-9-5-6-10-24/h7-8,11,13,15H,5-6,9-10,12,21H2,1-4H3. The molecule has 7 nitrogen and oxygen atoms in total. The minimum atomic E-state index is -0.248. The molecule has 1 unspecified atom stereocenters. The first-order chi connectivity index (χ1) is 13.4. The molecule has 2 aromatic rings. The number of aromatic nitrogens is 3. The molecule has 152 valence electrons. The second-order valence-electron chi connectivity index (χ2n) is 7.55. The Morgan fingerprint density at radius 1 is 1.25 bits per heavy atom. The number of nitrogen functional groups attached to an aromatic ring is 1. The molecule has 1 aliphatic heterocycles. The van der Waals surface area contributed by atoms with Crippen LogP contribution in [0.15, 0.2) is 23.4 Å². The van der Waals surface area contributed by atoms with E-state index >= 15 is 0 Å². The first-order valence-corrected chi connectivity index (χ1v) is 10.6. The van der Waals surface area contributed by atoms with E-state index in [0.29, 0.717) is 16.9 Å². The van der Waals surface area contributed by atoms with Crippen LogP contribution in [0.5, 0.6) is 5.75 Å². The Morgan fingerprint density at radius 3 is 2.64 bits per heavy atom. The van der Waals surface area contributed by atoms with Crippen LogP contribution in [0.3, 0.4) is 0 Å². The summed E-state index contributed by atoms with van der Waals surface area (Å²) in [6.07, 6.45) is 2.16. The van der Waals surface area contributed by atoms with E-state index in [9.17, 15) is 4.79 Å². The van der Waals surface area contributed by atoms with Crippen LogP contribution in [0.25, 0.3) is 0 Å². The number of thioether (sulfide) groups is 1. The second kappa shape index (κ2) is 8.86. The van der Waals surface area contributed by atoms with Crippen LogP contribution in [0, 0.1) is 6.92 Å². The maximum atomic E-state index is 12.5. The van der Waals surface area contributed by atoms with Gasteiger partial charge in [-0.1, -0.05) is 37.7 Å². The predicted molar refractivity (Wildman–Crippen MR) is 111 cm³/mol. The van der Waals surface area contributed by atoms with Crippen molar-refractivity contribution in [2.75, 3.05) is 18.9 Å². The maximum Gasteiger partial charge on any atom is 0.235 e. The molecule has 28 heavy (non-hydrogen) atoms. The summed E-state index contributed by atoms with van der Waals surface area (Å²) in [4.78, 5) is 14.4. The Labute approximate surface area is 170 Å². The van der Waals surface area contributed by atoms with Crippen LogP contribution in [0.2, 0.25) is 0 Å². The van der Waals surface area contributed by atoms with Crippen molar-refractivity contribution in [2.24, 2.45) is 0 Å². The van der Waals surface area contributed by atoms with Gasteiger partial charge in [0, 0.05) is 13.1 Å². The van der Waals surface area contributed by atoms with Crippen molar-refractivity contribution in [1.82, 2.24) is 19.8 Å². The lowest BCUT2D eigenvalue weighted by Crippen LogP contribution is -2.34. The van der Waals surface area contributed by atoms with Gasteiger partial charge in [0.05, 0.1) is 5.25 Å². The SMILES string of the molecule is Cc1ccc(C(C)C)c(OCc2nnc(SC(C)C(=O)N3CCCC3)n2N)c1. The molecule has 8 heteroatoms. The fourth-order valence-corrected chi connectivity index (χ4v) is 4.15. The third-order valence-corrected chi connectivity index (χ3v) is 5.98. The number of benzene rings is 1. The fraction of sp³-hybridized carbons (Fsp3) is 0.550. The molecule has 1 fully saturated rings. The average Bonchev–Trinajstić information content (AvgIpc) is 3.30. The van der Waals surface area contributed by atoms with E-state index in [1.807, 2.05) is 24.8 Å². The average molecular weight is 404 g/mol. The lowest BCUT2D eigenvalue weighted by Gasteiger charge is -2.19. The highest BCUT2D eigenvalue weighted by atomic mass is 32.2. The first kappa shape index (κ1) is 20.5. The minimum absolute atomic E-state index is 0.129. The molecule has 1 atom stereocenters. The number of nitrogens with two attached hydrogens (primary N) is 1. The molecule has 1 aliphatic rings. The number of nitrogens with zero attached hydrogens (tertiary/aromatic N) is 4. The molecular formula is C20H29N5O2S. The lowest BCUT2D eigenvalue weighted by molar-refractivity contribution is -0.129.